The van der Waals surface area contributed by atoms with Crippen LogP contribution >= 0.6 is 15.9 Å². The fourth-order valence-corrected chi connectivity index (χ4v) is 2.70. The van der Waals surface area contributed by atoms with Gasteiger partial charge in [-0.1, -0.05) is 46.3 Å². The molecule has 2 aromatic carbocycles. The molecule has 0 aliphatic rings. The predicted molar refractivity (Wildman–Crippen MR) is 91.7 cm³/mol. The zero-order valence-electron chi connectivity index (χ0n) is 12.8. The molecule has 0 radical (unpaired) electrons. The van der Waals surface area contributed by atoms with Gasteiger partial charge in [0.25, 0.3) is 0 Å². The normalized spacial score (nSPS) is 13.7. The molecule has 2 rings (SSSR count). The molecule has 0 spiro atoms. The van der Waals surface area contributed by atoms with Crippen molar-refractivity contribution in [3.63, 3.8) is 0 Å². The average molecular weight is 348 g/mol. The van der Waals surface area contributed by atoms with Crippen molar-refractivity contribution in [3.8, 4) is 5.75 Å². The summed E-state index contributed by atoms with van der Waals surface area (Å²) in [4.78, 5) is 0. The van der Waals surface area contributed by atoms with Gasteiger partial charge in [-0.2, -0.15) is 0 Å². The molecule has 2 atom stereocenters. The number of benzene rings is 2. The van der Waals surface area contributed by atoms with Crippen LogP contribution < -0.4 is 10.1 Å². The van der Waals surface area contributed by atoms with Gasteiger partial charge in [0.2, 0.25) is 0 Å². The van der Waals surface area contributed by atoms with Gasteiger partial charge in [0, 0.05) is 22.1 Å². The van der Waals surface area contributed by atoms with Gasteiger partial charge < -0.3 is 10.1 Å². The zero-order valence-corrected chi connectivity index (χ0v) is 14.4. The van der Waals surface area contributed by atoms with Gasteiger partial charge in [-0.25, -0.2) is 0 Å². The number of hydrogen-bond donors (Lipinski definition) is 1. The minimum Gasteiger partial charge on any atom is -0.494 e. The third kappa shape index (κ3) is 4.32. The summed E-state index contributed by atoms with van der Waals surface area (Å²) in [7, 11) is 0. The summed E-state index contributed by atoms with van der Waals surface area (Å²) in [6.07, 6.45) is 0. The Morgan fingerprint density at radius 1 is 1.00 bits per heavy atom. The first-order valence-electron chi connectivity index (χ1n) is 7.35. The SMILES string of the molecule is CCOc1ccccc1C(C)N[C@H](C)c1ccc(Br)cc1. The fraction of sp³-hybridized carbons (Fsp3) is 0.333. The van der Waals surface area contributed by atoms with Gasteiger partial charge in [0.1, 0.15) is 5.75 Å². The molecule has 2 nitrogen and oxygen atoms in total. The summed E-state index contributed by atoms with van der Waals surface area (Å²) in [5, 5.41) is 3.64. The Morgan fingerprint density at radius 2 is 1.67 bits per heavy atom. The topological polar surface area (TPSA) is 21.3 Å². The molecule has 1 unspecified atom stereocenters. The summed E-state index contributed by atoms with van der Waals surface area (Å²) in [6, 6.07) is 17.2. The highest BCUT2D eigenvalue weighted by atomic mass is 79.9. The molecule has 0 heterocycles. The van der Waals surface area contributed by atoms with Crippen LogP contribution in [-0.4, -0.2) is 6.61 Å². The number of halogens is 1. The Labute approximate surface area is 135 Å². The first-order valence-corrected chi connectivity index (χ1v) is 8.14. The maximum Gasteiger partial charge on any atom is 0.124 e. The molecular weight excluding hydrogens is 326 g/mol. The lowest BCUT2D eigenvalue weighted by atomic mass is 10.0. The molecule has 1 N–H and O–H groups in total. The van der Waals surface area contributed by atoms with Crippen LogP contribution in [0.5, 0.6) is 5.75 Å². The molecule has 0 aromatic heterocycles. The summed E-state index contributed by atoms with van der Waals surface area (Å²) >= 11 is 3.47. The Bertz CT molecular complexity index is 568. The first-order chi connectivity index (χ1) is 10.1. The zero-order chi connectivity index (χ0) is 15.2. The number of nitrogens with one attached hydrogen (secondary N) is 1. The van der Waals surface area contributed by atoms with Crippen LogP contribution in [0.2, 0.25) is 0 Å². The van der Waals surface area contributed by atoms with Crippen molar-refractivity contribution in [2.75, 3.05) is 6.61 Å². The lowest BCUT2D eigenvalue weighted by Crippen LogP contribution is -2.23. The van der Waals surface area contributed by atoms with E-state index in [1.807, 2.05) is 19.1 Å². The second kappa shape index (κ2) is 7.62. The number of ether oxygens (including phenoxy) is 1. The Kier molecular flexibility index (Phi) is 5.83. The minimum absolute atomic E-state index is 0.228. The predicted octanol–water partition coefficient (Wildman–Crippen LogP) is 5.26. The van der Waals surface area contributed by atoms with Crippen LogP contribution in [-0.2, 0) is 0 Å². The smallest absolute Gasteiger partial charge is 0.124 e. The molecule has 21 heavy (non-hydrogen) atoms. The second-order valence-electron chi connectivity index (χ2n) is 5.13. The highest BCUT2D eigenvalue weighted by molar-refractivity contribution is 9.10. The minimum atomic E-state index is 0.228. The number of para-hydroxylation sites is 1. The van der Waals surface area contributed by atoms with E-state index in [1.165, 1.54) is 11.1 Å². The highest BCUT2D eigenvalue weighted by Crippen LogP contribution is 2.27. The van der Waals surface area contributed by atoms with E-state index in [2.05, 4.69) is 71.5 Å². The van der Waals surface area contributed by atoms with Crippen LogP contribution in [0.15, 0.2) is 53.0 Å². The summed E-state index contributed by atoms with van der Waals surface area (Å²) < 4.78 is 6.82. The summed E-state index contributed by atoms with van der Waals surface area (Å²) in [6.45, 7) is 7.06. The molecule has 3 heteroatoms. The molecule has 112 valence electrons. The molecule has 2 aromatic rings. The molecule has 0 saturated heterocycles. The average Bonchev–Trinajstić information content (AvgIpc) is 2.48. The number of rotatable bonds is 6. The van der Waals surface area contributed by atoms with E-state index in [1.54, 1.807) is 0 Å². The first kappa shape index (κ1) is 16.1. The summed E-state index contributed by atoms with van der Waals surface area (Å²) in [5.41, 5.74) is 2.47. The summed E-state index contributed by atoms with van der Waals surface area (Å²) in [5.74, 6) is 0.961. The van der Waals surface area contributed by atoms with Crippen LogP contribution in [0.25, 0.3) is 0 Å². The second-order valence-corrected chi connectivity index (χ2v) is 6.05. The molecule has 0 fully saturated rings. The Morgan fingerprint density at radius 3 is 2.33 bits per heavy atom. The van der Waals surface area contributed by atoms with E-state index in [-0.39, 0.29) is 12.1 Å². The molecule has 0 amide bonds. The van der Waals surface area contributed by atoms with E-state index < -0.39 is 0 Å². The maximum absolute atomic E-state index is 5.71. The van der Waals surface area contributed by atoms with E-state index >= 15 is 0 Å². The standard InChI is InChI=1S/C18H22BrNO/c1-4-21-18-8-6-5-7-17(18)14(3)20-13(2)15-9-11-16(19)12-10-15/h5-14,20H,4H2,1-3H3/t13-,14?/m1/s1. The van der Waals surface area contributed by atoms with Crippen molar-refractivity contribution in [2.45, 2.75) is 32.9 Å². The molecule has 0 bridgehead atoms. The highest BCUT2D eigenvalue weighted by Gasteiger charge is 2.14. The molecule has 0 saturated carbocycles. The Hall–Kier alpha value is -1.32. The quantitative estimate of drug-likeness (QED) is 0.769. The van der Waals surface area contributed by atoms with Crippen molar-refractivity contribution in [3.05, 3.63) is 64.1 Å². The van der Waals surface area contributed by atoms with Gasteiger partial charge in [-0.15, -0.1) is 0 Å². The van der Waals surface area contributed by atoms with Crippen molar-refractivity contribution in [2.24, 2.45) is 0 Å². The van der Waals surface area contributed by atoms with Crippen LogP contribution in [0.1, 0.15) is 44.0 Å². The third-order valence-corrected chi connectivity index (χ3v) is 4.08. The number of hydrogen-bond acceptors (Lipinski definition) is 2. The van der Waals surface area contributed by atoms with E-state index in [4.69, 9.17) is 4.74 Å². The van der Waals surface area contributed by atoms with Gasteiger partial charge in [0.15, 0.2) is 0 Å². The molecule has 0 aliphatic heterocycles. The Balaban J connectivity index is 2.10. The van der Waals surface area contributed by atoms with Crippen molar-refractivity contribution < 1.29 is 4.74 Å². The fourth-order valence-electron chi connectivity index (χ4n) is 2.44. The molecule has 0 aliphatic carbocycles. The van der Waals surface area contributed by atoms with Crippen LogP contribution in [0.4, 0.5) is 0 Å². The van der Waals surface area contributed by atoms with Crippen LogP contribution in [0.3, 0.4) is 0 Å². The lowest BCUT2D eigenvalue weighted by Gasteiger charge is -2.22. The van der Waals surface area contributed by atoms with Crippen molar-refractivity contribution in [1.29, 1.82) is 0 Å². The van der Waals surface area contributed by atoms with Crippen molar-refractivity contribution >= 4 is 15.9 Å². The van der Waals surface area contributed by atoms with E-state index in [0.717, 1.165) is 10.2 Å². The largest absolute Gasteiger partial charge is 0.494 e. The van der Waals surface area contributed by atoms with E-state index in [0.29, 0.717) is 6.61 Å². The van der Waals surface area contributed by atoms with Crippen LogP contribution in [0, 0.1) is 0 Å². The van der Waals surface area contributed by atoms with Gasteiger partial charge in [-0.3, -0.25) is 0 Å². The lowest BCUT2D eigenvalue weighted by molar-refractivity contribution is 0.331. The van der Waals surface area contributed by atoms with Gasteiger partial charge in [0.05, 0.1) is 6.61 Å². The van der Waals surface area contributed by atoms with Gasteiger partial charge >= 0.3 is 0 Å². The van der Waals surface area contributed by atoms with Crippen molar-refractivity contribution in [1.82, 2.24) is 5.32 Å². The molecular formula is C18H22BrNO. The monoisotopic (exact) mass is 347 g/mol. The van der Waals surface area contributed by atoms with Gasteiger partial charge in [-0.05, 0) is 44.5 Å². The third-order valence-electron chi connectivity index (χ3n) is 3.56. The maximum atomic E-state index is 5.71. The van der Waals surface area contributed by atoms with E-state index in [9.17, 15) is 0 Å².